The van der Waals surface area contributed by atoms with Crippen LogP contribution in [0, 0.1) is 0 Å². The first-order chi connectivity index (χ1) is 6.03. The van der Waals surface area contributed by atoms with Crippen LogP contribution < -0.4 is 5.32 Å². The number of carbonyl (C=O) groups is 1. The number of rotatable bonds is 3. The molecule has 0 aromatic carbocycles. The predicted molar refractivity (Wildman–Crippen MR) is 51.5 cm³/mol. The standard InChI is InChI=1S/C10H15NO2/c1-8(9(12)13)11-10(2)6-4-3-5-7-10/h3-6,8,11H,7H2,1-2H3,(H,12,13)/t8-,10?/m0/s1. The molecule has 1 rings (SSSR count). The fraction of sp³-hybridized carbons (Fsp3) is 0.500. The summed E-state index contributed by atoms with van der Waals surface area (Å²) in [6.45, 7) is 3.65. The molecule has 1 aliphatic rings. The summed E-state index contributed by atoms with van der Waals surface area (Å²) in [6.07, 6.45) is 8.76. The lowest BCUT2D eigenvalue weighted by Gasteiger charge is -2.30. The van der Waals surface area contributed by atoms with E-state index in [1.54, 1.807) is 6.92 Å². The summed E-state index contributed by atoms with van der Waals surface area (Å²) in [4.78, 5) is 10.6. The molecule has 0 aliphatic heterocycles. The zero-order chi connectivity index (χ0) is 9.90. The molecule has 0 bridgehead atoms. The van der Waals surface area contributed by atoms with Gasteiger partial charge in [-0.3, -0.25) is 10.1 Å². The Hall–Kier alpha value is -1.09. The molecule has 0 heterocycles. The van der Waals surface area contributed by atoms with Crippen LogP contribution in [0.2, 0.25) is 0 Å². The number of hydrogen-bond acceptors (Lipinski definition) is 2. The maximum Gasteiger partial charge on any atom is 0.320 e. The normalized spacial score (nSPS) is 28.8. The van der Waals surface area contributed by atoms with Gasteiger partial charge in [-0.2, -0.15) is 0 Å². The van der Waals surface area contributed by atoms with Crippen LogP contribution >= 0.6 is 0 Å². The number of nitrogens with one attached hydrogen (secondary N) is 1. The Bertz CT molecular complexity index is 258. The molecule has 0 radical (unpaired) electrons. The number of carboxylic acid groups (broad SMARTS) is 1. The third-order valence-corrected chi connectivity index (χ3v) is 2.17. The number of aliphatic carboxylic acids is 1. The van der Waals surface area contributed by atoms with Crippen molar-refractivity contribution < 1.29 is 9.90 Å². The first kappa shape index (κ1) is 9.99. The van der Waals surface area contributed by atoms with Crippen LogP contribution in [-0.4, -0.2) is 22.7 Å². The van der Waals surface area contributed by atoms with Crippen LogP contribution in [-0.2, 0) is 4.79 Å². The second-order valence-electron chi connectivity index (χ2n) is 3.61. The minimum Gasteiger partial charge on any atom is -0.480 e. The second kappa shape index (κ2) is 3.75. The zero-order valence-electron chi connectivity index (χ0n) is 7.95. The molecule has 1 aliphatic carbocycles. The molecule has 1 unspecified atom stereocenters. The van der Waals surface area contributed by atoms with E-state index >= 15 is 0 Å². The van der Waals surface area contributed by atoms with Crippen molar-refractivity contribution in [2.45, 2.75) is 31.8 Å². The third kappa shape index (κ3) is 2.70. The molecule has 2 atom stereocenters. The van der Waals surface area contributed by atoms with E-state index in [2.05, 4.69) is 5.32 Å². The van der Waals surface area contributed by atoms with Gasteiger partial charge in [0.05, 0.1) is 0 Å². The van der Waals surface area contributed by atoms with E-state index in [-0.39, 0.29) is 5.54 Å². The zero-order valence-corrected chi connectivity index (χ0v) is 7.95. The van der Waals surface area contributed by atoms with Gasteiger partial charge in [-0.25, -0.2) is 0 Å². The monoisotopic (exact) mass is 181 g/mol. The molecule has 3 nitrogen and oxygen atoms in total. The van der Waals surface area contributed by atoms with Crippen molar-refractivity contribution >= 4 is 5.97 Å². The quantitative estimate of drug-likeness (QED) is 0.690. The lowest BCUT2D eigenvalue weighted by atomic mass is 9.93. The van der Waals surface area contributed by atoms with E-state index in [1.807, 2.05) is 31.2 Å². The van der Waals surface area contributed by atoms with Gasteiger partial charge in [-0.05, 0) is 20.3 Å². The van der Waals surface area contributed by atoms with Crippen molar-refractivity contribution in [3.05, 3.63) is 24.3 Å². The molecule has 0 saturated heterocycles. The number of hydrogen-bond donors (Lipinski definition) is 2. The first-order valence-electron chi connectivity index (χ1n) is 4.38. The SMILES string of the molecule is C[C@H](NC1(C)C=CC=CC1)C(=O)O. The Morgan fingerprint density at radius 2 is 2.31 bits per heavy atom. The van der Waals surface area contributed by atoms with Gasteiger partial charge in [0.2, 0.25) is 0 Å². The van der Waals surface area contributed by atoms with Crippen molar-refractivity contribution in [2.75, 3.05) is 0 Å². The van der Waals surface area contributed by atoms with E-state index in [9.17, 15) is 4.79 Å². The van der Waals surface area contributed by atoms with Crippen LogP contribution in [0.25, 0.3) is 0 Å². The topological polar surface area (TPSA) is 49.3 Å². The summed E-state index contributed by atoms with van der Waals surface area (Å²) in [5.41, 5.74) is -0.216. The van der Waals surface area contributed by atoms with Crippen molar-refractivity contribution in [3.8, 4) is 0 Å². The smallest absolute Gasteiger partial charge is 0.320 e. The maximum atomic E-state index is 10.6. The van der Waals surface area contributed by atoms with E-state index in [0.29, 0.717) is 0 Å². The summed E-state index contributed by atoms with van der Waals surface area (Å²) >= 11 is 0. The summed E-state index contributed by atoms with van der Waals surface area (Å²) in [5, 5.41) is 11.8. The summed E-state index contributed by atoms with van der Waals surface area (Å²) in [6, 6.07) is -0.513. The number of carboxylic acids is 1. The van der Waals surface area contributed by atoms with Crippen LogP contribution in [0.5, 0.6) is 0 Å². The van der Waals surface area contributed by atoms with Gasteiger partial charge in [-0.15, -0.1) is 0 Å². The van der Waals surface area contributed by atoms with Gasteiger partial charge in [-0.1, -0.05) is 24.3 Å². The molecule has 0 saturated carbocycles. The minimum absolute atomic E-state index is 0.216. The Balaban J connectivity index is 2.57. The molecule has 3 heteroatoms. The van der Waals surface area contributed by atoms with Crippen LogP contribution in [0.1, 0.15) is 20.3 Å². The molecular weight excluding hydrogens is 166 g/mol. The molecule has 72 valence electrons. The Labute approximate surface area is 78.1 Å². The molecule has 13 heavy (non-hydrogen) atoms. The lowest BCUT2D eigenvalue weighted by molar-refractivity contribution is -0.139. The Morgan fingerprint density at radius 1 is 1.62 bits per heavy atom. The average Bonchev–Trinajstić information content (AvgIpc) is 2.04. The summed E-state index contributed by atoms with van der Waals surface area (Å²) < 4.78 is 0. The van der Waals surface area contributed by atoms with Gasteiger partial charge in [0.15, 0.2) is 0 Å². The van der Waals surface area contributed by atoms with Gasteiger partial charge in [0.25, 0.3) is 0 Å². The molecule has 0 amide bonds. The van der Waals surface area contributed by atoms with Gasteiger partial charge < -0.3 is 5.11 Å². The first-order valence-corrected chi connectivity index (χ1v) is 4.38. The average molecular weight is 181 g/mol. The van der Waals surface area contributed by atoms with E-state index in [0.717, 1.165) is 6.42 Å². The minimum atomic E-state index is -0.816. The predicted octanol–water partition coefficient (Wildman–Crippen LogP) is 1.32. The molecule has 0 aromatic rings. The van der Waals surface area contributed by atoms with Gasteiger partial charge in [0.1, 0.15) is 6.04 Å². The van der Waals surface area contributed by atoms with Crippen LogP contribution in [0.4, 0.5) is 0 Å². The highest BCUT2D eigenvalue weighted by molar-refractivity contribution is 5.73. The fourth-order valence-electron chi connectivity index (χ4n) is 1.39. The highest BCUT2D eigenvalue weighted by Gasteiger charge is 2.25. The second-order valence-corrected chi connectivity index (χ2v) is 3.61. The van der Waals surface area contributed by atoms with Crippen LogP contribution in [0.3, 0.4) is 0 Å². The Kier molecular flexibility index (Phi) is 2.88. The Morgan fingerprint density at radius 3 is 2.77 bits per heavy atom. The fourth-order valence-corrected chi connectivity index (χ4v) is 1.39. The lowest BCUT2D eigenvalue weighted by Crippen LogP contribution is -2.48. The molecule has 0 spiro atoms. The van der Waals surface area contributed by atoms with Crippen molar-refractivity contribution in [1.82, 2.24) is 5.32 Å². The summed E-state index contributed by atoms with van der Waals surface area (Å²) in [7, 11) is 0. The number of allylic oxidation sites excluding steroid dienone is 2. The van der Waals surface area contributed by atoms with E-state index in [1.165, 1.54) is 0 Å². The van der Waals surface area contributed by atoms with E-state index < -0.39 is 12.0 Å². The highest BCUT2D eigenvalue weighted by atomic mass is 16.4. The van der Waals surface area contributed by atoms with E-state index in [4.69, 9.17) is 5.11 Å². The molecule has 0 fully saturated rings. The van der Waals surface area contributed by atoms with Gasteiger partial charge >= 0.3 is 5.97 Å². The van der Waals surface area contributed by atoms with Crippen molar-refractivity contribution in [2.24, 2.45) is 0 Å². The molecule has 2 N–H and O–H groups in total. The largest absolute Gasteiger partial charge is 0.480 e. The van der Waals surface area contributed by atoms with Gasteiger partial charge in [0, 0.05) is 5.54 Å². The van der Waals surface area contributed by atoms with Crippen molar-refractivity contribution in [3.63, 3.8) is 0 Å². The highest BCUT2D eigenvalue weighted by Crippen LogP contribution is 2.17. The molecular formula is C10H15NO2. The van der Waals surface area contributed by atoms with Crippen LogP contribution in [0.15, 0.2) is 24.3 Å². The third-order valence-electron chi connectivity index (χ3n) is 2.17. The molecule has 0 aromatic heterocycles. The summed E-state index contributed by atoms with van der Waals surface area (Å²) in [5.74, 6) is -0.816. The van der Waals surface area contributed by atoms with Crippen molar-refractivity contribution in [1.29, 1.82) is 0 Å². The maximum absolute atomic E-state index is 10.6.